The molecule has 1 aromatic heterocycles. The van der Waals surface area contributed by atoms with Crippen LogP contribution in [0.1, 0.15) is 17.0 Å². The van der Waals surface area contributed by atoms with Crippen molar-refractivity contribution in [3.63, 3.8) is 0 Å². The summed E-state index contributed by atoms with van der Waals surface area (Å²) in [6, 6.07) is 9.80. The topological polar surface area (TPSA) is 47.2 Å². The van der Waals surface area contributed by atoms with E-state index in [0.29, 0.717) is 16.7 Å². The molecule has 0 aliphatic heterocycles. The summed E-state index contributed by atoms with van der Waals surface area (Å²) in [4.78, 5) is 16.9. The van der Waals surface area contributed by atoms with E-state index in [2.05, 4.69) is 26.0 Å². The molecule has 0 spiro atoms. The van der Waals surface area contributed by atoms with Crippen LogP contribution in [0, 0.1) is 6.92 Å². The number of alkyl halides is 3. The van der Waals surface area contributed by atoms with Gasteiger partial charge in [-0.25, -0.2) is 4.98 Å². The third-order valence-corrected chi connectivity index (χ3v) is 4.00. The van der Waals surface area contributed by atoms with Gasteiger partial charge in [0.1, 0.15) is 5.82 Å². The van der Waals surface area contributed by atoms with Gasteiger partial charge in [-0.05, 0) is 42.8 Å². The molecule has 3 rings (SSSR count). The SMILES string of the molecule is Cc1nc2ccc(Br)cc2c(=O)n1N=Cc1cccc(C(F)(F)F)c1. The molecule has 1 heterocycles. The lowest BCUT2D eigenvalue weighted by atomic mass is 10.1. The average Bonchev–Trinajstić information content (AvgIpc) is 2.55. The van der Waals surface area contributed by atoms with E-state index in [1.807, 2.05) is 0 Å². The summed E-state index contributed by atoms with van der Waals surface area (Å²) < 4.78 is 40.1. The number of aromatic nitrogens is 2. The van der Waals surface area contributed by atoms with Crippen LogP contribution in [0.15, 0.2) is 56.8 Å². The van der Waals surface area contributed by atoms with Gasteiger partial charge in [-0.1, -0.05) is 28.1 Å². The molecule has 128 valence electrons. The fraction of sp³-hybridized carbons (Fsp3) is 0.118. The minimum atomic E-state index is -4.44. The monoisotopic (exact) mass is 409 g/mol. The normalized spacial score (nSPS) is 12.2. The predicted molar refractivity (Wildman–Crippen MR) is 92.9 cm³/mol. The second kappa shape index (κ2) is 6.44. The summed E-state index contributed by atoms with van der Waals surface area (Å²) in [6.45, 7) is 1.60. The molecule has 0 saturated carbocycles. The van der Waals surface area contributed by atoms with Crippen LogP contribution in [0.25, 0.3) is 10.9 Å². The predicted octanol–water partition coefficient (Wildman–Crippen LogP) is 4.37. The summed E-state index contributed by atoms with van der Waals surface area (Å²) >= 11 is 3.29. The van der Waals surface area contributed by atoms with Crippen molar-refractivity contribution in [3.8, 4) is 0 Å². The van der Waals surface area contributed by atoms with Crippen LogP contribution >= 0.6 is 15.9 Å². The Kier molecular flexibility index (Phi) is 4.47. The molecular weight excluding hydrogens is 399 g/mol. The Morgan fingerprint density at radius 3 is 2.68 bits per heavy atom. The van der Waals surface area contributed by atoms with Crippen molar-refractivity contribution in [1.29, 1.82) is 0 Å². The Balaban J connectivity index is 2.06. The molecule has 0 unspecified atom stereocenters. The maximum absolute atomic E-state index is 12.8. The van der Waals surface area contributed by atoms with Crippen molar-refractivity contribution in [3.05, 3.63) is 74.2 Å². The second-order valence-electron chi connectivity index (χ2n) is 5.31. The van der Waals surface area contributed by atoms with Gasteiger partial charge < -0.3 is 0 Å². The minimum absolute atomic E-state index is 0.232. The lowest BCUT2D eigenvalue weighted by Crippen LogP contribution is -2.20. The smallest absolute Gasteiger partial charge is 0.267 e. The van der Waals surface area contributed by atoms with E-state index < -0.39 is 17.3 Å². The Morgan fingerprint density at radius 1 is 1.20 bits per heavy atom. The van der Waals surface area contributed by atoms with E-state index in [4.69, 9.17) is 0 Å². The van der Waals surface area contributed by atoms with E-state index in [-0.39, 0.29) is 5.56 Å². The summed E-state index contributed by atoms with van der Waals surface area (Å²) in [5.74, 6) is 0.336. The molecule has 0 bridgehead atoms. The van der Waals surface area contributed by atoms with Crippen molar-refractivity contribution in [1.82, 2.24) is 9.66 Å². The fourth-order valence-electron chi connectivity index (χ4n) is 2.32. The Bertz CT molecular complexity index is 1040. The first kappa shape index (κ1) is 17.3. The highest BCUT2D eigenvalue weighted by Gasteiger charge is 2.30. The Morgan fingerprint density at radius 2 is 1.96 bits per heavy atom. The molecule has 25 heavy (non-hydrogen) atoms. The standard InChI is InChI=1S/C17H11BrF3N3O/c1-10-23-15-6-5-13(18)8-14(15)16(25)24(10)22-9-11-3-2-4-12(7-11)17(19,20)21/h2-9H,1H3. The number of rotatable bonds is 2. The molecule has 0 aliphatic rings. The van der Waals surface area contributed by atoms with Crippen LogP contribution in [0.2, 0.25) is 0 Å². The maximum atomic E-state index is 12.8. The summed E-state index contributed by atoms with van der Waals surface area (Å²) in [6.07, 6.45) is -3.23. The van der Waals surface area contributed by atoms with Gasteiger partial charge in [-0.3, -0.25) is 4.79 Å². The van der Waals surface area contributed by atoms with E-state index in [1.54, 1.807) is 25.1 Å². The third kappa shape index (κ3) is 3.63. The first-order chi connectivity index (χ1) is 11.8. The fourth-order valence-corrected chi connectivity index (χ4v) is 2.68. The molecule has 8 heteroatoms. The van der Waals surface area contributed by atoms with Crippen molar-refractivity contribution in [2.24, 2.45) is 5.10 Å². The van der Waals surface area contributed by atoms with E-state index >= 15 is 0 Å². The highest BCUT2D eigenvalue weighted by Crippen LogP contribution is 2.29. The Hall–Kier alpha value is -2.48. The number of hydrogen-bond donors (Lipinski definition) is 0. The van der Waals surface area contributed by atoms with E-state index in [0.717, 1.165) is 21.3 Å². The highest BCUT2D eigenvalue weighted by atomic mass is 79.9. The highest BCUT2D eigenvalue weighted by molar-refractivity contribution is 9.10. The van der Waals surface area contributed by atoms with Gasteiger partial charge in [0.25, 0.3) is 5.56 Å². The summed E-state index contributed by atoms with van der Waals surface area (Å²) in [7, 11) is 0. The van der Waals surface area contributed by atoms with E-state index in [1.165, 1.54) is 18.3 Å². The maximum Gasteiger partial charge on any atom is 0.416 e. The molecule has 0 fully saturated rings. The van der Waals surface area contributed by atoms with Gasteiger partial charge in [-0.15, -0.1) is 0 Å². The summed E-state index contributed by atoms with van der Waals surface area (Å²) in [5.41, 5.74) is -0.417. The molecule has 0 aliphatic carbocycles. The minimum Gasteiger partial charge on any atom is -0.267 e. The molecule has 0 amide bonds. The van der Waals surface area contributed by atoms with Crippen molar-refractivity contribution >= 4 is 33.0 Å². The van der Waals surface area contributed by atoms with Gasteiger partial charge >= 0.3 is 6.18 Å². The van der Waals surface area contributed by atoms with Gasteiger partial charge in [0.15, 0.2) is 0 Å². The van der Waals surface area contributed by atoms with Crippen LogP contribution in [0.3, 0.4) is 0 Å². The van der Waals surface area contributed by atoms with Gasteiger partial charge in [0.05, 0.1) is 22.7 Å². The number of halogens is 4. The zero-order valence-electron chi connectivity index (χ0n) is 12.9. The van der Waals surface area contributed by atoms with Crippen molar-refractivity contribution < 1.29 is 13.2 Å². The van der Waals surface area contributed by atoms with Crippen LogP contribution in [0.4, 0.5) is 13.2 Å². The van der Waals surface area contributed by atoms with E-state index in [9.17, 15) is 18.0 Å². The number of nitrogens with zero attached hydrogens (tertiary/aromatic N) is 3. The molecule has 0 saturated heterocycles. The van der Waals surface area contributed by atoms with Crippen LogP contribution in [-0.2, 0) is 6.18 Å². The molecule has 4 nitrogen and oxygen atoms in total. The van der Waals surface area contributed by atoms with Crippen molar-refractivity contribution in [2.75, 3.05) is 0 Å². The van der Waals surface area contributed by atoms with Crippen LogP contribution in [-0.4, -0.2) is 15.9 Å². The number of benzene rings is 2. The quantitative estimate of drug-likeness (QED) is 0.590. The zero-order valence-corrected chi connectivity index (χ0v) is 14.5. The number of fused-ring (bicyclic) bond motifs is 1. The molecule has 3 aromatic rings. The lowest BCUT2D eigenvalue weighted by Gasteiger charge is -2.07. The second-order valence-corrected chi connectivity index (χ2v) is 6.22. The number of aryl methyl sites for hydroxylation is 1. The Labute approximate surface area is 148 Å². The molecule has 0 radical (unpaired) electrons. The first-order valence-electron chi connectivity index (χ1n) is 7.16. The van der Waals surface area contributed by atoms with Crippen molar-refractivity contribution in [2.45, 2.75) is 13.1 Å². The summed E-state index contributed by atoms with van der Waals surface area (Å²) in [5, 5.41) is 4.37. The van der Waals surface area contributed by atoms with Crippen LogP contribution in [0.5, 0.6) is 0 Å². The molecule has 0 N–H and O–H groups in total. The zero-order chi connectivity index (χ0) is 18.2. The molecule has 0 atom stereocenters. The average molecular weight is 410 g/mol. The molecule has 2 aromatic carbocycles. The van der Waals surface area contributed by atoms with Crippen LogP contribution < -0.4 is 5.56 Å². The number of hydrogen-bond acceptors (Lipinski definition) is 3. The first-order valence-corrected chi connectivity index (χ1v) is 7.95. The van der Waals surface area contributed by atoms with Gasteiger partial charge in [-0.2, -0.15) is 22.9 Å². The third-order valence-electron chi connectivity index (χ3n) is 3.51. The van der Waals surface area contributed by atoms with Gasteiger partial charge in [0.2, 0.25) is 0 Å². The molecular formula is C17H11BrF3N3O. The lowest BCUT2D eigenvalue weighted by molar-refractivity contribution is -0.137. The van der Waals surface area contributed by atoms with Gasteiger partial charge in [0, 0.05) is 4.47 Å². The largest absolute Gasteiger partial charge is 0.416 e.